The first kappa shape index (κ1) is 23.8. The van der Waals surface area contributed by atoms with E-state index >= 15 is 0 Å². The molecule has 0 radical (unpaired) electrons. The first-order valence-corrected chi connectivity index (χ1v) is 11.6. The minimum Gasteiger partial charge on any atom is -0.445 e. The van der Waals surface area contributed by atoms with Crippen LogP contribution in [0.1, 0.15) is 37.3 Å². The molecule has 1 saturated heterocycles. The Bertz CT molecular complexity index is 823. The second-order valence-corrected chi connectivity index (χ2v) is 8.66. The normalized spacial score (nSPS) is 16.0. The predicted octanol–water partition coefficient (Wildman–Crippen LogP) is 3.76. The van der Waals surface area contributed by atoms with E-state index in [4.69, 9.17) is 4.74 Å². The summed E-state index contributed by atoms with van der Waals surface area (Å²) in [6, 6.07) is 18.5. The van der Waals surface area contributed by atoms with Gasteiger partial charge in [0.05, 0.1) is 0 Å². The zero-order valence-corrected chi connectivity index (χ0v) is 19.0. The van der Waals surface area contributed by atoms with Gasteiger partial charge in [-0.1, -0.05) is 74.0 Å². The SMILES string of the molecule is CC(CNC(=O)C(Cc1ccccc1)NC(=O)OCc1ccccc1)CN1CCCCC1. The number of hydrogen-bond donors (Lipinski definition) is 2. The van der Waals surface area contributed by atoms with Crippen LogP contribution in [0.25, 0.3) is 0 Å². The minimum absolute atomic E-state index is 0.166. The largest absolute Gasteiger partial charge is 0.445 e. The summed E-state index contributed by atoms with van der Waals surface area (Å²) >= 11 is 0. The Morgan fingerprint density at radius 2 is 1.56 bits per heavy atom. The van der Waals surface area contributed by atoms with Gasteiger partial charge in [-0.05, 0) is 43.0 Å². The van der Waals surface area contributed by atoms with E-state index in [9.17, 15) is 9.59 Å². The summed E-state index contributed by atoms with van der Waals surface area (Å²) in [5.41, 5.74) is 1.88. The average Bonchev–Trinajstić information content (AvgIpc) is 2.83. The second kappa shape index (κ2) is 12.9. The van der Waals surface area contributed by atoms with Gasteiger partial charge >= 0.3 is 6.09 Å². The molecule has 6 nitrogen and oxygen atoms in total. The molecule has 1 aliphatic rings. The third-order valence-corrected chi connectivity index (χ3v) is 5.75. The molecule has 2 amide bonds. The number of carbonyl (C=O) groups excluding carboxylic acids is 2. The van der Waals surface area contributed by atoms with Crippen LogP contribution in [-0.4, -0.2) is 49.1 Å². The van der Waals surface area contributed by atoms with Crippen molar-refractivity contribution in [3.8, 4) is 0 Å². The van der Waals surface area contributed by atoms with E-state index in [1.165, 1.54) is 19.3 Å². The molecule has 2 unspecified atom stereocenters. The van der Waals surface area contributed by atoms with Crippen molar-refractivity contribution >= 4 is 12.0 Å². The van der Waals surface area contributed by atoms with E-state index in [1.54, 1.807) is 0 Å². The van der Waals surface area contributed by atoms with E-state index in [0.717, 1.165) is 30.8 Å². The predicted molar refractivity (Wildman–Crippen MR) is 126 cm³/mol. The molecule has 2 aromatic carbocycles. The highest BCUT2D eigenvalue weighted by Gasteiger charge is 2.23. The Kier molecular flexibility index (Phi) is 9.57. The standard InChI is InChI=1S/C26H35N3O3/c1-21(19-29-15-9-4-10-16-29)18-27-25(30)24(17-22-11-5-2-6-12-22)28-26(31)32-20-23-13-7-3-8-14-23/h2-3,5-8,11-14,21,24H,4,9-10,15-20H2,1H3,(H,27,30)(H,28,31). The van der Waals surface area contributed by atoms with Crippen molar-refractivity contribution < 1.29 is 14.3 Å². The molecule has 2 atom stereocenters. The molecule has 6 heteroatoms. The van der Waals surface area contributed by atoms with Gasteiger partial charge in [-0.15, -0.1) is 0 Å². The maximum absolute atomic E-state index is 13.0. The van der Waals surface area contributed by atoms with Crippen molar-refractivity contribution in [2.24, 2.45) is 5.92 Å². The molecule has 0 spiro atoms. The lowest BCUT2D eigenvalue weighted by molar-refractivity contribution is -0.123. The summed E-state index contributed by atoms with van der Waals surface area (Å²) in [6.45, 7) is 6.17. The molecule has 1 heterocycles. The number of carbonyl (C=O) groups is 2. The first-order valence-electron chi connectivity index (χ1n) is 11.6. The molecule has 172 valence electrons. The van der Waals surface area contributed by atoms with Gasteiger partial charge in [-0.3, -0.25) is 4.79 Å². The van der Waals surface area contributed by atoms with Crippen LogP contribution in [0.3, 0.4) is 0 Å². The molecule has 0 aromatic heterocycles. The summed E-state index contributed by atoms with van der Waals surface area (Å²) in [5.74, 6) is 0.162. The lowest BCUT2D eigenvalue weighted by Gasteiger charge is -2.29. The number of nitrogens with zero attached hydrogens (tertiary/aromatic N) is 1. The zero-order chi connectivity index (χ0) is 22.6. The van der Waals surface area contributed by atoms with Gasteiger partial charge in [0.15, 0.2) is 0 Å². The van der Waals surface area contributed by atoms with Crippen molar-refractivity contribution in [2.45, 2.75) is 45.3 Å². The van der Waals surface area contributed by atoms with Crippen molar-refractivity contribution in [3.05, 3.63) is 71.8 Å². The third-order valence-electron chi connectivity index (χ3n) is 5.75. The molecular weight excluding hydrogens is 402 g/mol. The van der Waals surface area contributed by atoms with Crippen LogP contribution in [0.4, 0.5) is 4.79 Å². The Hall–Kier alpha value is -2.86. The lowest BCUT2D eigenvalue weighted by atomic mass is 10.0. The molecule has 1 aliphatic heterocycles. The summed E-state index contributed by atoms with van der Waals surface area (Å²) in [7, 11) is 0. The molecular formula is C26H35N3O3. The number of hydrogen-bond acceptors (Lipinski definition) is 4. The average molecular weight is 438 g/mol. The summed E-state index contributed by atoms with van der Waals surface area (Å²) < 4.78 is 5.34. The molecule has 32 heavy (non-hydrogen) atoms. The number of nitrogens with one attached hydrogen (secondary N) is 2. The molecule has 0 aliphatic carbocycles. The van der Waals surface area contributed by atoms with Crippen molar-refractivity contribution in [2.75, 3.05) is 26.2 Å². The first-order chi connectivity index (χ1) is 15.6. The molecule has 1 fully saturated rings. The number of alkyl carbamates (subject to hydrolysis) is 1. The van der Waals surface area contributed by atoms with Gasteiger partial charge in [-0.2, -0.15) is 0 Å². The number of piperidine rings is 1. The van der Waals surface area contributed by atoms with Crippen LogP contribution in [0, 0.1) is 5.92 Å². The van der Waals surface area contributed by atoms with Gasteiger partial charge in [0.25, 0.3) is 0 Å². The van der Waals surface area contributed by atoms with E-state index in [1.807, 2.05) is 60.7 Å². The topological polar surface area (TPSA) is 70.7 Å². The monoisotopic (exact) mass is 437 g/mol. The molecule has 2 aromatic rings. The Morgan fingerprint density at radius 1 is 0.938 bits per heavy atom. The molecule has 0 bridgehead atoms. The number of benzene rings is 2. The van der Waals surface area contributed by atoms with E-state index < -0.39 is 12.1 Å². The van der Waals surface area contributed by atoms with Crippen LogP contribution >= 0.6 is 0 Å². The number of ether oxygens (including phenoxy) is 1. The van der Waals surface area contributed by atoms with Gasteiger partial charge < -0.3 is 20.3 Å². The highest BCUT2D eigenvalue weighted by molar-refractivity contribution is 5.85. The number of rotatable bonds is 10. The maximum Gasteiger partial charge on any atom is 0.408 e. The summed E-state index contributed by atoms with van der Waals surface area (Å²) in [4.78, 5) is 27.8. The quantitative estimate of drug-likeness (QED) is 0.594. The highest BCUT2D eigenvalue weighted by atomic mass is 16.5. The zero-order valence-electron chi connectivity index (χ0n) is 19.0. The van der Waals surface area contributed by atoms with Gasteiger partial charge in [-0.25, -0.2) is 4.79 Å². The summed E-state index contributed by atoms with van der Waals surface area (Å²) in [5, 5.41) is 5.79. The molecule has 3 rings (SSSR count). The maximum atomic E-state index is 13.0. The van der Waals surface area contributed by atoms with E-state index in [0.29, 0.717) is 18.9 Å². The fourth-order valence-corrected chi connectivity index (χ4v) is 4.01. The Balaban J connectivity index is 1.52. The fourth-order valence-electron chi connectivity index (χ4n) is 4.01. The Morgan fingerprint density at radius 3 is 2.22 bits per heavy atom. The fraction of sp³-hybridized carbons (Fsp3) is 0.462. The van der Waals surface area contributed by atoms with Gasteiger partial charge in [0, 0.05) is 19.5 Å². The van der Waals surface area contributed by atoms with E-state index in [-0.39, 0.29) is 12.5 Å². The van der Waals surface area contributed by atoms with Crippen molar-refractivity contribution in [3.63, 3.8) is 0 Å². The van der Waals surface area contributed by atoms with Crippen molar-refractivity contribution in [1.29, 1.82) is 0 Å². The van der Waals surface area contributed by atoms with Crippen LogP contribution in [0.2, 0.25) is 0 Å². The Labute approximate surface area is 191 Å². The van der Waals surface area contributed by atoms with Crippen LogP contribution in [-0.2, 0) is 22.6 Å². The highest BCUT2D eigenvalue weighted by Crippen LogP contribution is 2.11. The van der Waals surface area contributed by atoms with Gasteiger partial charge in [0.1, 0.15) is 12.6 Å². The summed E-state index contributed by atoms with van der Waals surface area (Å²) in [6.07, 6.45) is 3.65. The second-order valence-electron chi connectivity index (χ2n) is 8.66. The number of likely N-dealkylation sites (tertiary alicyclic amines) is 1. The van der Waals surface area contributed by atoms with Gasteiger partial charge in [0.2, 0.25) is 5.91 Å². The smallest absolute Gasteiger partial charge is 0.408 e. The third kappa shape index (κ3) is 8.35. The molecule has 2 N–H and O–H groups in total. The number of amides is 2. The van der Waals surface area contributed by atoms with Crippen LogP contribution < -0.4 is 10.6 Å². The minimum atomic E-state index is -0.692. The van der Waals surface area contributed by atoms with Crippen LogP contribution in [0.15, 0.2) is 60.7 Å². The van der Waals surface area contributed by atoms with E-state index in [2.05, 4.69) is 22.5 Å². The lowest BCUT2D eigenvalue weighted by Crippen LogP contribution is -2.49. The van der Waals surface area contributed by atoms with Crippen LogP contribution in [0.5, 0.6) is 0 Å². The molecule has 0 saturated carbocycles. The van der Waals surface area contributed by atoms with Crippen molar-refractivity contribution in [1.82, 2.24) is 15.5 Å².